The Morgan fingerprint density at radius 2 is 1.55 bits per heavy atom. The summed E-state index contributed by atoms with van der Waals surface area (Å²) >= 11 is 0. The summed E-state index contributed by atoms with van der Waals surface area (Å²) in [6.45, 7) is 13.1. The van der Waals surface area contributed by atoms with E-state index in [1.165, 1.54) is 15.9 Å². The molecule has 0 fully saturated rings. The molecule has 0 saturated carbocycles. The number of phenols is 1. The van der Waals surface area contributed by atoms with E-state index < -0.39 is 14.4 Å². The van der Waals surface area contributed by atoms with Gasteiger partial charge in [-0.15, -0.1) is 0 Å². The first-order valence-corrected chi connectivity index (χ1v) is 15.9. The fourth-order valence-corrected chi connectivity index (χ4v) is 9.88. The van der Waals surface area contributed by atoms with E-state index in [9.17, 15) is 15.3 Å². The van der Waals surface area contributed by atoms with Crippen molar-refractivity contribution in [3.63, 3.8) is 0 Å². The zero-order valence-corrected chi connectivity index (χ0v) is 25.3. The van der Waals surface area contributed by atoms with Crippen LogP contribution < -0.4 is 10.4 Å². The molecule has 3 rings (SSSR count). The Morgan fingerprint density at radius 1 is 0.950 bits per heavy atom. The molecular formula is C35H44O4Si. The highest BCUT2D eigenvalue weighted by Crippen LogP contribution is 2.37. The molecule has 0 aliphatic heterocycles. The average Bonchev–Trinajstić information content (AvgIpc) is 2.94. The van der Waals surface area contributed by atoms with Crippen LogP contribution in [0.2, 0.25) is 5.04 Å². The first-order valence-electron chi connectivity index (χ1n) is 14.0. The lowest BCUT2D eigenvalue weighted by Crippen LogP contribution is -2.66. The molecule has 0 radical (unpaired) electrons. The summed E-state index contributed by atoms with van der Waals surface area (Å²) in [5, 5.41) is 33.0. The lowest BCUT2D eigenvalue weighted by molar-refractivity contribution is 0.198. The Labute approximate surface area is 241 Å². The van der Waals surface area contributed by atoms with E-state index in [4.69, 9.17) is 4.43 Å². The monoisotopic (exact) mass is 556 g/mol. The van der Waals surface area contributed by atoms with E-state index in [1.807, 2.05) is 24.3 Å². The third kappa shape index (κ3) is 7.70. The third-order valence-corrected chi connectivity index (χ3v) is 12.4. The number of aliphatic hydroxyl groups excluding tert-OH is 2. The van der Waals surface area contributed by atoms with Gasteiger partial charge in [0.2, 0.25) is 0 Å². The SMILES string of the molecule is C=C(CO[Si](c1ccccc1)(c1ccccc1)C(C)(C)C)/C(=C/CO)C(O)CC/C(=C/c1cccc(O)c1)CC. The molecule has 5 heteroatoms. The predicted molar refractivity (Wildman–Crippen MR) is 169 cm³/mol. The van der Waals surface area contributed by atoms with Crippen molar-refractivity contribution in [1.29, 1.82) is 0 Å². The van der Waals surface area contributed by atoms with Gasteiger partial charge in [0.15, 0.2) is 0 Å². The van der Waals surface area contributed by atoms with Gasteiger partial charge in [-0.25, -0.2) is 0 Å². The van der Waals surface area contributed by atoms with E-state index in [0.29, 0.717) is 24.0 Å². The van der Waals surface area contributed by atoms with Gasteiger partial charge in [0.05, 0.1) is 19.3 Å². The minimum absolute atomic E-state index is 0.178. The lowest BCUT2D eigenvalue weighted by Gasteiger charge is -2.43. The molecule has 0 heterocycles. The molecule has 0 bridgehead atoms. The molecule has 0 spiro atoms. The number of hydrogen-bond acceptors (Lipinski definition) is 4. The Morgan fingerprint density at radius 3 is 2.05 bits per heavy atom. The Hall–Kier alpha value is -3.22. The zero-order valence-electron chi connectivity index (χ0n) is 24.3. The van der Waals surface area contributed by atoms with Gasteiger partial charge in [-0.3, -0.25) is 0 Å². The second-order valence-electron chi connectivity index (χ2n) is 11.2. The second-order valence-corrected chi connectivity index (χ2v) is 15.5. The summed E-state index contributed by atoms with van der Waals surface area (Å²) in [4.78, 5) is 0. The third-order valence-electron chi connectivity index (χ3n) is 7.39. The van der Waals surface area contributed by atoms with Crippen LogP contribution in [0.15, 0.2) is 114 Å². The lowest BCUT2D eigenvalue weighted by atomic mass is 9.95. The molecule has 0 aliphatic carbocycles. The smallest absolute Gasteiger partial charge is 0.261 e. The van der Waals surface area contributed by atoms with Gasteiger partial charge in [-0.05, 0) is 63.5 Å². The number of aromatic hydroxyl groups is 1. The average molecular weight is 557 g/mol. The number of phenolic OH excluding ortho intramolecular Hbond substituents is 1. The fraction of sp³-hybridized carbons (Fsp3) is 0.314. The number of aliphatic hydroxyl groups is 2. The van der Waals surface area contributed by atoms with Gasteiger partial charge < -0.3 is 19.7 Å². The van der Waals surface area contributed by atoms with Gasteiger partial charge in [0.25, 0.3) is 8.32 Å². The molecule has 0 saturated heterocycles. The maximum absolute atomic E-state index is 11.2. The topological polar surface area (TPSA) is 69.9 Å². The first kappa shape index (κ1) is 31.3. The van der Waals surface area contributed by atoms with Gasteiger partial charge in [0, 0.05) is 0 Å². The predicted octanol–water partition coefficient (Wildman–Crippen LogP) is 6.38. The summed E-state index contributed by atoms with van der Waals surface area (Å²) in [6.07, 6.45) is 4.91. The van der Waals surface area contributed by atoms with Crippen LogP contribution in [0, 0.1) is 0 Å². The molecule has 1 atom stereocenters. The maximum Gasteiger partial charge on any atom is 0.261 e. The highest BCUT2D eigenvalue weighted by Gasteiger charge is 2.50. The van der Waals surface area contributed by atoms with Crippen LogP contribution in [0.3, 0.4) is 0 Å². The summed E-state index contributed by atoms with van der Waals surface area (Å²) in [6, 6.07) is 28.0. The van der Waals surface area contributed by atoms with Crippen molar-refractivity contribution in [2.45, 2.75) is 58.1 Å². The van der Waals surface area contributed by atoms with Crippen LogP contribution in [0.25, 0.3) is 6.08 Å². The van der Waals surface area contributed by atoms with Crippen LogP contribution in [0.1, 0.15) is 52.5 Å². The summed E-state index contributed by atoms with van der Waals surface area (Å²) in [7, 11) is -2.77. The van der Waals surface area contributed by atoms with Crippen LogP contribution in [-0.2, 0) is 4.43 Å². The van der Waals surface area contributed by atoms with Crippen molar-refractivity contribution in [2.75, 3.05) is 13.2 Å². The van der Waals surface area contributed by atoms with Crippen LogP contribution in [0.4, 0.5) is 0 Å². The molecule has 3 aromatic carbocycles. The van der Waals surface area contributed by atoms with Gasteiger partial charge in [-0.1, -0.05) is 125 Å². The molecule has 4 nitrogen and oxygen atoms in total. The Kier molecular flexibility index (Phi) is 11.3. The van der Waals surface area contributed by atoms with Gasteiger partial charge >= 0.3 is 0 Å². The van der Waals surface area contributed by atoms with Crippen molar-refractivity contribution in [3.05, 3.63) is 120 Å². The standard InChI is InChI=1S/C35H44O4Si/c1-6-28(24-29-14-13-15-30(37)25-29)20-21-34(38)33(22-23-36)27(2)26-39-40(35(3,4)5,31-16-9-7-10-17-31)32-18-11-8-12-19-32/h7-19,22,24-25,34,36-38H,2,6,20-21,23,26H2,1,3-5H3/b28-24+,33-22-. The van der Waals surface area contributed by atoms with Gasteiger partial charge in [-0.2, -0.15) is 0 Å². The molecule has 3 N–H and O–H groups in total. The molecule has 3 aromatic rings. The number of benzene rings is 3. The highest BCUT2D eigenvalue weighted by atomic mass is 28.4. The number of allylic oxidation sites excluding steroid dienone is 1. The molecular weight excluding hydrogens is 512 g/mol. The number of rotatable bonds is 13. The first-order chi connectivity index (χ1) is 19.1. The van der Waals surface area contributed by atoms with E-state index >= 15 is 0 Å². The number of hydrogen-bond donors (Lipinski definition) is 3. The van der Waals surface area contributed by atoms with Crippen LogP contribution in [0.5, 0.6) is 5.75 Å². The van der Waals surface area contributed by atoms with Crippen molar-refractivity contribution >= 4 is 24.8 Å². The van der Waals surface area contributed by atoms with Crippen molar-refractivity contribution in [3.8, 4) is 5.75 Å². The van der Waals surface area contributed by atoms with Crippen LogP contribution in [-0.4, -0.2) is 43.0 Å². The zero-order chi connectivity index (χ0) is 29.2. The summed E-state index contributed by atoms with van der Waals surface area (Å²) < 4.78 is 7.01. The minimum atomic E-state index is -2.77. The van der Waals surface area contributed by atoms with Crippen molar-refractivity contribution in [2.24, 2.45) is 0 Å². The highest BCUT2D eigenvalue weighted by molar-refractivity contribution is 6.99. The van der Waals surface area contributed by atoms with E-state index in [2.05, 4.69) is 88.9 Å². The van der Waals surface area contributed by atoms with E-state index in [0.717, 1.165) is 12.0 Å². The molecule has 0 amide bonds. The minimum Gasteiger partial charge on any atom is -0.508 e. The molecule has 40 heavy (non-hydrogen) atoms. The molecule has 0 aromatic heterocycles. The molecule has 212 valence electrons. The normalized spacial score (nSPS) is 13.8. The van der Waals surface area contributed by atoms with E-state index in [-0.39, 0.29) is 24.0 Å². The van der Waals surface area contributed by atoms with Crippen molar-refractivity contribution in [1.82, 2.24) is 0 Å². The van der Waals surface area contributed by atoms with Crippen molar-refractivity contribution < 1.29 is 19.7 Å². The fourth-order valence-electron chi connectivity index (χ4n) is 5.33. The second kappa shape index (κ2) is 14.4. The van der Waals surface area contributed by atoms with E-state index in [1.54, 1.807) is 18.2 Å². The summed E-state index contributed by atoms with van der Waals surface area (Å²) in [5.74, 6) is 0.231. The molecule has 0 aliphatic rings. The van der Waals surface area contributed by atoms with Gasteiger partial charge in [0.1, 0.15) is 5.75 Å². The Bertz CT molecular complexity index is 1250. The maximum atomic E-state index is 11.2. The van der Waals surface area contributed by atoms with Crippen LogP contribution >= 0.6 is 0 Å². The molecule has 1 unspecified atom stereocenters. The summed E-state index contributed by atoms with van der Waals surface area (Å²) in [5.41, 5.74) is 3.39. The quantitative estimate of drug-likeness (QED) is 0.169. The largest absolute Gasteiger partial charge is 0.508 e. The Balaban J connectivity index is 1.83.